The minimum Gasteiger partial charge on any atom is -0.463 e. The molecule has 0 bridgehead atoms. The van der Waals surface area contributed by atoms with Crippen LogP contribution in [0.2, 0.25) is 0 Å². The molecule has 0 aliphatic carbocycles. The Morgan fingerprint density at radius 3 is 3.00 bits per heavy atom. The molecule has 0 saturated carbocycles. The Bertz CT molecular complexity index is 422. The zero-order valence-corrected chi connectivity index (χ0v) is 12.0. The molecule has 2 aliphatic rings. The van der Waals surface area contributed by atoms with Crippen molar-refractivity contribution < 1.29 is 14.3 Å². The van der Waals surface area contributed by atoms with Gasteiger partial charge in [0.05, 0.1) is 18.7 Å². The second-order valence-electron chi connectivity index (χ2n) is 5.01. The predicted octanol–water partition coefficient (Wildman–Crippen LogP) is -0.590. The van der Waals surface area contributed by atoms with Crippen LogP contribution in [0.3, 0.4) is 0 Å². The Morgan fingerprint density at radius 1 is 1.50 bits per heavy atom. The Kier molecular flexibility index (Phi) is 4.97. The molecule has 1 unspecified atom stereocenters. The predicted molar refractivity (Wildman–Crippen MR) is 74.1 cm³/mol. The van der Waals surface area contributed by atoms with Crippen molar-refractivity contribution in [3.8, 4) is 0 Å². The second kappa shape index (κ2) is 6.71. The van der Waals surface area contributed by atoms with Crippen molar-refractivity contribution >= 4 is 12.0 Å². The average molecular weight is 282 g/mol. The quantitative estimate of drug-likeness (QED) is 0.600. The number of carbonyl (C=O) groups excluding carboxylic acids is 2. The van der Waals surface area contributed by atoms with Crippen molar-refractivity contribution in [2.24, 2.45) is 0 Å². The van der Waals surface area contributed by atoms with Crippen LogP contribution in [-0.2, 0) is 9.53 Å². The summed E-state index contributed by atoms with van der Waals surface area (Å²) in [6.07, 6.45) is 0. The molecule has 20 heavy (non-hydrogen) atoms. The maximum absolute atomic E-state index is 11.9. The number of nitrogens with one attached hydrogen (secondary N) is 3. The molecule has 7 nitrogen and oxygen atoms in total. The van der Waals surface area contributed by atoms with E-state index in [1.807, 2.05) is 0 Å². The van der Waals surface area contributed by atoms with Gasteiger partial charge in [-0.25, -0.2) is 9.59 Å². The lowest BCUT2D eigenvalue weighted by Crippen LogP contribution is -2.53. The van der Waals surface area contributed by atoms with Crippen LogP contribution in [0.4, 0.5) is 4.79 Å². The Balaban J connectivity index is 2.13. The number of esters is 1. The summed E-state index contributed by atoms with van der Waals surface area (Å²) in [5.41, 5.74) is 1.16. The van der Waals surface area contributed by atoms with E-state index < -0.39 is 0 Å². The van der Waals surface area contributed by atoms with E-state index in [1.54, 1.807) is 6.92 Å². The van der Waals surface area contributed by atoms with Crippen molar-refractivity contribution in [2.75, 3.05) is 39.3 Å². The highest BCUT2D eigenvalue weighted by atomic mass is 16.5. The van der Waals surface area contributed by atoms with E-state index in [4.69, 9.17) is 4.74 Å². The largest absolute Gasteiger partial charge is 0.463 e. The van der Waals surface area contributed by atoms with Crippen LogP contribution in [0.1, 0.15) is 13.8 Å². The minimum atomic E-state index is -0.363. The third kappa shape index (κ3) is 3.49. The third-order valence-electron chi connectivity index (χ3n) is 3.58. The SMILES string of the molecule is CCOC(=O)C1=C(CN2CCNCC2C)NC(=O)NC1. The van der Waals surface area contributed by atoms with Gasteiger partial charge in [0, 0.05) is 37.9 Å². The van der Waals surface area contributed by atoms with E-state index in [0.29, 0.717) is 30.5 Å². The molecule has 0 aromatic carbocycles. The number of ether oxygens (including phenoxy) is 1. The normalized spacial score (nSPS) is 24.1. The number of piperazine rings is 1. The van der Waals surface area contributed by atoms with E-state index >= 15 is 0 Å². The lowest BCUT2D eigenvalue weighted by Gasteiger charge is -2.35. The Hall–Kier alpha value is -1.60. The molecule has 112 valence electrons. The molecule has 1 saturated heterocycles. The molecule has 2 aliphatic heterocycles. The molecular formula is C13H22N4O3. The zero-order chi connectivity index (χ0) is 14.5. The van der Waals surface area contributed by atoms with E-state index in [2.05, 4.69) is 27.8 Å². The van der Waals surface area contributed by atoms with Gasteiger partial charge in [0.25, 0.3) is 0 Å². The molecule has 0 aromatic rings. The maximum Gasteiger partial charge on any atom is 0.337 e. The number of carbonyl (C=O) groups is 2. The summed E-state index contributed by atoms with van der Waals surface area (Å²) in [5, 5.41) is 8.67. The van der Waals surface area contributed by atoms with Crippen LogP contribution in [0.5, 0.6) is 0 Å². The molecule has 1 atom stereocenters. The topological polar surface area (TPSA) is 82.7 Å². The first kappa shape index (κ1) is 14.8. The molecule has 2 amide bonds. The Labute approximate surface area is 118 Å². The van der Waals surface area contributed by atoms with Gasteiger partial charge in [-0.15, -0.1) is 0 Å². The fraction of sp³-hybridized carbons (Fsp3) is 0.692. The first-order chi connectivity index (χ1) is 9.61. The summed E-state index contributed by atoms with van der Waals surface area (Å²) in [5.74, 6) is -0.363. The van der Waals surface area contributed by atoms with Gasteiger partial charge in [-0.2, -0.15) is 0 Å². The summed E-state index contributed by atoms with van der Waals surface area (Å²) in [4.78, 5) is 25.7. The summed E-state index contributed by atoms with van der Waals surface area (Å²) in [6.45, 7) is 7.72. The molecule has 1 fully saturated rings. The maximum atomic E-state index is 11.9. The summed E-state index contributed by atoms with van der Waals surface area (Å²) in [7, 11) is 0. The number of hydrogen-bond donors (Lipinski definition) is 3. The van der Waals surface area contributed by atoms with Crippen LogP contribution in [0.25, 0.3) is 0 Å². The first-order valence-electron chi connectivity index (χ1n) is 7.00. The Morgan fingerprint density at radius 2 is 2.30 bits per heavy atom. The summed E-state index contributed by atoms with van der Waals surface area (Å²) < 4.78 is 5.04. The number of urea groups is 1. The molecule has 0 spiro atoms. The van der Waals surface area contributed by atoms with Crippen LogP contribution in [-0.4, -0.2) is 62.3 Å². The van der Waals surface area contributed by atoms with Gasteiger partial charge < -0.3 is 20.7 Å². The van der Waals surface area contributed by atoms with Crippen LogP contribution >= 0.6 is 0 Å². The van der Waals surface area contributed by atoms with Crippen molar-refractivity contribution in [2.45, 2.75) is 19.9 Å². The first-order valence-corrected chi connectivity index (χ1v) is 7.00. The van der Waals surface area contributed by atoms with Crippen molar-refractivity contribution in [1.29, 1.82) is 0 Å². The fourth-order valence-electron chi connectivity index (χ4n) is 2.40. The smallest absolute Gasteiger partial charge is 0.337 e. The third-order valence-corrected chi connectivity index (χ3v) is 3.58. The van der Waals surface area contributed by atoms with Gasteiger partial charge in [-0.1, -0.05) is 0 Å². The van der Waals surface area contributed by atoms with Gasteiger partial charge in [0.2, 0.25) is 0 Å². The van der Waals surface area contributed by atoms with E-state index in [-0.39, 0.29) is 18.5 Å². The van der Waals surface area contributed by atoms with Crippen molar-refractivity contribution in [3.05, 3.63) is 11.3 Å². The van der Waals surface area contributed by atoms with Gasteiger partial charge in [-0.05, 0) is 13.8 Å². The van der Waals surface area contributed by atoms with Crippen LogP contribution < -0.4 is 16.0 Å². The number of amides is 2. The van der Waals surface area contributed by atoms with E-state index in [9.17, 15) is 9.59 Å². The molecule has 2 rings (SSSR count). The highest BCUT2D eigenvalue weighted by Crippen LogP contribution is 2.12. The van der Waals surface area contributed by atoms with Gasteiger partial charge in [0.1, 0.15) is 0 Å². The number of nitrogens with zero attached hydrogens (tertiary/aromatic N) is 1. The zero-order valence-electron chi connectivity index (χ0n) is 12.0. The minimum absolute atomic E-state index is 0.223. The second-order valence-corrected chi connectivity index (χ2v) is 5.01. The van der Waals surface area contributed by atoms with E-state index in [0.717, 1.165) is 19.6 Å². The standard InChI is InChI=1S/C13H22N4O3/c1-3-20-12(18)10-7-15-13(19)16-11(10)8-17-5-4-14-6-9(17)2/h9,14H,3-8H2,1-2H3,(H2,15,16,19). The summed E-state index contributed by atoms with van der Waals surface area (Å²) in [6, 6.07) is 0.0994. The van der Waals surface area contributed by atoms with Crippen molar-refractivity contribution in [1.82, 2.24) is 20.9 Å². The van der Waals surface area contributed by atoms with Gasteiger partial charge >= 0.3 is 12.0 Å². The molecule has 0 aromatic heterocycles. The van der Waals surface area contributed by atoms with Crippen molar-refractivity contribution in [3.63, 3.8) is 0 Å². The highest BCUT2D eigenvalue weighted by Gasteiger charge is 2.27. The fourth-order valence-corrected chi connectivity index (χ4v) is 2.40. The monoisotopic (exact) mass is 282 g/mol. The van der Waals surface area contributed by atoms with Crippen LogP contribution in [0.15, 0.2) is 11.3 Å². The lowest BCUT2D eigenvalue weighted by molar-refractivity contribution is -0.138. The molecule has 2 heterocycles. The highest BCUT2D eigenvalue weighted by molar-refractivity contribution is 5.93. The number of hydrogen-bond acceptors (Lipinski definition) is 5. The summed E-state index contributed by atoms with van der Waals surface area (Å²) >= 11 is 0. The van der Waals surface area contributed by atoms with Gasteiger partial charge in [0.15, 0.2) is 0 Å². The number of rotatable bonds is 4. The van der Waals surface area contributed by atoms with Crippen LogP contribution in [0, 0.1) is 0 Å². The molecule has 0 radical (unpaired) electrons. The van der Waals surface area contributed by atoms with E-state index in [1.165, 1.54) is 0 Å². The molecule has 3 N–H and O–H groups in total. The molecular weight excluding hydrogens is 260 g/mol. The van der Waals surface area contributed by atoms with Gasteiger partial charge in [-0.3, -0.25) is 4.90 Å². The molecule has 7 heteroatoms. The lowest BCUT2D eigenvalue weighted by atomic mass is 10.1. The average Bonchev–Trinajstić information content (AvgIpc) is 2.42.